The molecule has 28 heavy (non-hydrogen) atoms. The van der Waals surface area contributed by atoms with E-state index in [4.69, 9.17) is 4.74 Å². The topological polar surface area (TPSA) is 90.3 Å². The summed E-state index contributed by atoms with van der Waals surface area (Å²) in [6.07, 6.45) is 1.51. The van der Waals surface area contributed by atoms with Gasteiger partial charge in [-0.1, -0.05) is 18.2 Å². The molecule has 1 aromatic carbocycles. The largest absolute Gasteiger partial charge is 0.465 e. The minimum Gasteiger partial charge on any atom is -0.465 e. The number of halogens is 1. The molecule has 0 aliphatic rings. The number of nitrogens with one attached hydrogen (secondary N) is 1. The maximum atomic E-state index is 14.1. The van der Waals surface area contributed by atoms with E-state index in [1.807, 2.05) is 0 Å². The van der Waals surface area contributed by atoms with Gasteiger partial charge in [-0.3, -0.25) is 19.0 Å². The number of benzene rings is 1. The number of carbonyl (C=O) groups is 2. The summed E-state index contributed by atoms with van der Waals surface area (Å²) in [5.74, 6) is -1.79. The number of pyridine rings is 2. The van der Waals surface area contributed by atoms with Crippen molar-refractivity contribution in [2.24, 2.45) is 0 Å². The molecule has 8 heteroatoms. The van der Waals surface area contributed by atoms with Crippen molar-refractivity contribution in [3.05, 3.63) is 76.0 Å². The first-order valence-electron chi connectivity index (χ1n) is 8.67. The molecule has 2 aromatic heterocycles. The third-order valence-corrected chi connectivity index (χ3v) is 4.08. The fraction of sp³-hybridized carbons (Fsp3) is 0.200. The second kappa shape index (κ2) is 8.43. The molecule has 7 nitrogen and oxygen atoms in total. The molecule has 3 rings (SSSR count). The maximum Gasteiger partial charge on any atom is 0.325 e. The van der Waals surface area contributed by atoms with Crippen LogP contribution >= 0.6 is 0 Å². The van der Waals surface area contributed by atoms with Crippen LogP contribution in [0.25, 0.3) is 11.0 Å². The normalized spacial score (nSPS) is 10.6. The minimum absolute atomic E-state index is 0.0853. The predicted octanol–water partition coefficient (Wildman–Crippen LogP) is 1.88. The summed E-state index contributed by atoms with van der Waals surface area (Å²) >= 11 is 0. The van der Waals surface area contributed by atoms with Crippen LogP contribution in [0.2, 0.25) is 0 Å². The van der Waals surface area contributed by atoms with Crippen LogP contribution in [0.15, 0.2) is 53.5 Å². The molecule has 2 heterocycles. The van der Waals surface area contributed by atoms with Gasteiger partial charge in [-0.15, -0.1) is 0 Å². The highest BCUT2D eigenvalue weighted by Crippen LogP contribution is 2.14. The third-order valence-electron chi connectivity index (χ3n) is 4.08. The smallest absolute Gasteiger partial charge is 0.325 e. The second-order valence-corrected chi connectivity index (χ2v) is 5.94. The fourth-order valence-corrected chi connectivity index (χ4v) is 2.77. The van der Waals surface area contributed by atoms with Crippen LogP contribution in [-0.4, -0.2) is 34.6 Å². The molecule has 0 spiro atoms. The Balaban J connectivity index is 2.02. The van der Waals surface area contributed by atoms with Crippen molar-refractivity contribution in [3.63, 3.8) is 0 Å². The lowest BCUT2D eigenvalue weighted by molar-refractivity contribution is -0.141. The van der Waals surface area contributed by atoms with Gasteiger partial charge in [0.2, 0.25) is 0 Å². The van der Waals surface area contributed by atoms with Crippen LogP contribution in [0.4, 0.5) is 4.39 Å². The lowest BCUT2D eigenvalue weighted by atomic mass is 10.1. The Labute approximate surface area is 159 Å². The summed E-state index contributed by atoms with van der Waals surface area (Å²) in [5.41, 5.74) is -0.171. The molecule has 0 unspecified atom stereocenters. The molecule has 0 saturated heterocycles. The molecule has 144 valence electrons. The van der Waals surface area contributed by atoms with Crippen molar-refractivity contribution in [3.8, 4) is 0 Å². The van der Waals surface area contributed by atoms with Gasteiger partial charge in [-0.2, -0.15) is 0 Å². The summed E-state index contributed by atoms with van der Waals surface area (Å²) in [6, 6.07) is 10.8. The number of esters is 1. The van der Waals surface area contributed by atoms with Crippen LogP contribution in [-0.2, 0) is 16.1 Å². The van der Waals surface area contributed by atoms with Crippen molar-refractivity contribution < 1.29 is 18.7 Å². The summed E-state index contributed by atoms with van der Waals surface area (Å²) in [5, 5.41) is 2.91. The molecule has 3 aromatic rings. The molecule has 0 radical (unpaired) electrons. The van der Waals surface area contributed by atoms with Gasteiger partial charge >= 0.3 is 5.97 Å². The highest BCUT2D eigenvalue weighted by molar-refractivity contribution is 5.98. The van der Waals surface area contributed by atoms with E-state index in [9.17, 15) is 18.8 Å². The third kappa shape index (κ3) is 4.06. The molecule has 1 amide bonds. The van der Waals surface area contributed by atoms with Gasteiger partial charge in [-0.25, -0.2) is 9.37 Å². The van der Waals surface area contributed by atoms with Crippen LogP contribution in [0.5, 0.6) is 0 Å². The monoisotopic (exact) mass is 383 g/mol. The van der Waals surface area contributed by atoms with Gasteiger partial charge in [0.05, 0.1) is 13.2 Å². The van der Waals surface area contributed by atoms with Crippen LogP contribution in [0.1, 0.15) is 22.8 Å². The van der Waals surface area contributed by atoms with E-state index in [0.717, 1.165) is 0 Å². The summed E-state index contributed by atoms with van der Waals surface area (Å²) in [7, 11) is 0. The lowest BCUT2D eigenvalue weighted by Gasteiger charge is -2.13. The Bertz CT molecular complexity index is 1090. The molecular formula is C20H18FN3O4. The fourth-order valence-electron chi connectivity index (χ4n) is 2.77. The Kier molecular flexibility index (Phi) is 5.78. The number of rotatable bonds is 6. The van der Waals surface area contributed by atoms with Gasteiger partial charge in [0.1, 0.15) is 23.6 Å². The number of carbonyl (C=O) groups excluding carboxylic acids is 2. The van der Waals surface area contributed by atoms with E-state index < -0.39 is 23.3 Å². The van der Waals surface area contributed by atoms with E-state index in [2.05, 4.69) is 10.3 Å². The quantitative estimate of drug-likeness (QED) is 0.657. The molecule has 0 bridgehead atoms. The zero-order valence-corrected chi connectivity index (χ0v) is 15.1. The number of hydrogen-bond acceptors (Lipinski definition) is 5. The van der Waals surface area contributed by atoms with Crippen LogP contribution in [0, 0.1) is 5.82 Å². The molecule has 0 aliphatic heterocycles. The number of fused-ring (bicyclic) bond motifs is 1. The van der Waals surface area contributed by atoms with E-state index in [-0.39, 0.29) is 25.3 Å². The number of hydrogen-bond donors (Lipinski definition) is 1. The molecule has 0 fully saturated rings. The average Bonchev–Trinajstić information content (AvgIpc) is 2.69. The number of aromatic nitrogens is 2. The molecular weight excluding hydrogens is 365 g/mol. The molecule has 0 atom stereocenters. The van der Waals surface area contributed by atoms with E-state index in [1.165, 1.54) is 22.9 Å². The Morgan fingerprint density at radius 1 is 1.21 bits per heavy atom. The molecule has 1 N–H and O–H groups in total. The summed E-state index contributed by atoms with van der Waals surface area (Å²) < 4.78 is 20.1. The van der Waals surface area contributed by atoms with Gasteiger partial charge in [0.15, 0.2) is 0 Å². The van der Waals surface area contributed by atoms with Crippen molar-refractivity contribution in [1.29, 1.82) is 0 Å². The number of amides is 1. The van der Waals surface area contributed by atoms with E-state index >= 15 is 0 Å². The lowest BCUT2D eigenvalue weighted by Crippen LogP contribution is -2.36. The first-order chi connectivity index (χ1) is 13.5. The maximum absolute atomic E-state index is 14.1. The van der Waals surface area contributed by atoms with Gasteiger partial charge in [0, 0.05) is 17.1 Å². The first kappa shape index (κ1) is 19.2. The van der Waals surface area contributed by atoms with Crippen molar-refractivity contribution >= 4 is 22.9 Å². The zero-order valence-electron chi connectivity index (χ0n) is 15.1. The molecule has 0 aliphatic carbocycles. The predicted molar refractivity (Wildman–Crippen MR) is 100 cm³/mol. The molecule has 0 saturated carbocycles. The van der Waals surface area contributed by atoms with E-state index in [0.29, 0.717) is 16.6 Å². The Hall–Kier alpha value is -3.55. The number of nitrogens with zero attached hydrogens (tertiary/aromatic N) is 2. The van der Waals surface area contributed by atoms with Gasteiger partial charge in [0.25, 0.3) is 11.5 Å². The van der Waals surface area contributed by atoms with Gasteiger partial charge in [-0.05, 0) is 31.2 Å². The van der Waals surface area contributed by atoms with Crippen LogP contribution < -0.4 is 10.9 Å². The highest BCUT2D eigenvalue weighted by atomic mass is 19.1. The minimum atomic E-state index is -0.717. The Morgan fingerprint density at radius 2 is 2.00 bits per heavy atom. The van der Waals surface area contributed by atoms with Crippen molar-refractivity contribution in [1.82, 2.24) is 14.9 Å². The standard InChI is InChI=1S/C20H18FN3O4/c1-2-28-17(25)11-23-19(26)15-10-13-7-5-9-22-18(13)24(20(15)27)12-14-6-3-4-8-16(14)21/h3-10H,2,11-12H2,1H3,(H,23,26). The SMILES string of the molecule is CCOC(=O)CNC(=O)c1cc2cccnc2n(Cc2ccccc2F)c1=O. The van der Waals surface area contributed by atoms with E-state index in [1.54, 1.807) is 37.3 Å². The zero-order chi connectivity index (χ0) is 20.1. The Morgan fingerprint density at radius 3 is 2.75 bits per heavy atom. The number of ether oxygens (including phenoxy) is 1. The van der Waals surface area contributed by atoms with Gasteiger partial charge < -0.3 is 10.1 Å². The van der Waals surface area contributed by atoms with Crippen molar-refractivity contribution in [2.75, 3.05) is 13.2 Å². The summed E-state index contributed by atoms with van der Waals surface area (Å²) in [6.45, 7) is 1.39. The average molecular weight is 383 g/mol. The summed E-state index contributed by atoms with van der Waals surface area (Å²) in [4.78, 5) is 41.0. The first-order valence-corrected chi connectivity index (χ1v) is 8.67. The highest BCUT2D eigenvalue weighted by Gasteiger charge is 2.18. The second-order valence-electron chi connectivity index (χ2n) is 5.94. The van der Waals surface area contributed by atoms with Crippen molar-refractivity contribution in [2.45, 2.75) is 13.5 Å². The van der Waals surface area contributed by atoms with Crippen LogP contribution in [0.3, 0.4) is 0 Å².